The topological polar surface area (TPSA) is 27.8 Å². The SMILES string of the molecule is CNCCc1c(Cl)[nH]c2c(F)cccc12. The van der Waals surface area contributed by atoms with Crippen molar-refractivity contribution in [1.29, 1.82) is 0 Å². The Morgan fingerprint density at radius 1 is 1.47 bits per heavy atom. The van der Waals surface area contributed by atoms with Crippen LogP contribution in [0.2, 0.25) is 5.15 Å². The quantitative estimate of drug-likeness (QED) is 0.828. The summed E-state index contributed by atoms with van der Waals surface area (Å²) in [6, 6.07) is 5.01. The molecule has 0 unspecified atom stereocenters. The first-order chi connectivity index (χ1) is 7.24. The zero-order valence-electron chi connectivity index (χ0n) is 8.40. The van der Waals surface area contributed by atoms with Crippen molar-refractivity contribution in [2.75, 3.05) is 13.6 Å². The number of aromatic nitrogens is 1. The number of benzene rings is 1. The molecule has 15 heavy (non-hydrogen) atoms. The second-order valence-electron chi connectivity index (χ2n) is 3.43. The minimum atomic E-state index is -0.259. The molecule has 0 fully saturated rings. The Labute approximate surface area is 92.4 Å². The molecule has 0 amide bonds. The Balaban J connectivity index is 2.53. The van der Waals surface area contributed by atoms with Gasteiger partial charge in [0.1, 0.15) is 11.0 Å². The van der Waals surface area contributed by atoms with Crippen LogP contribution in [0.15, 0.2) is 18.2 Å². The highest BCUT2D eigenvalue weighted by Crippen LogP contribution is 2.27. The predicted octanol–water partition coefficient (Wildman–Crippen LogP) is 2.72. The second kappa shape index (κ2) is 4.21. The molecule has 0 aliphatic carbocycles. The zero-order valence-corrected chi connectivity index (χ0v) is 9.16. The molecule has 1 aromatic heterocycles. The molecule has 2 N–H and O–H groups in total. The molecule has 0 saturated carbocycles. The van der Waals surface area contributed by atoms with Crippen molar-refractivity contribution >= 4 is 22.5 Å². The molecule has 0 aliphatic rings. The lowest BCUT2D eigenvalue weighted by Gasteiger charge is -1.99. The van der Waals surface area contributed by atoms with Crippen LogP contribution in [-0.4, -0.2) is 18.6 Å². The Morgan fingerprint density at radius 3 is 3.00 bits per heavy atom. The predicted molar refractivity (Wildman–Crippen MR) is 60.9 cm³/mol. The van der Waals surface area contributed by atoms with Crippen molar-refractivity contribution in [3.8, 4) is 0 Å². The van der Waals surface area contributed by atoms with E-state index in [2.05, 4.69) is 10.3 Å². The first kappa shape index (κ1) is 10.5. The first-order valence-electron chi connectivity index (χ1n) is 4.83. The fraction of sp³-hybridized carbons (Fsp3) is 0.273. The summed E-state index contributed by atoms with van der Waals surface area (Å²) in [5.41, 5.74) is 1.47. The van der Waals surface area contributed by atoms with E-state index in [-0.39, 0.29) is 5.82 Å². The first-order valence-corrected chi connectivity index (χ1v) is 5.21. The molecule has 0 spiro atoms. The van der Waals surface area contributed by atoms with Gasteiger partial charge in [0.05, 0.1) is 5.52 Å². The van der Waals surface area contributed by atoms with Crippen molar-refractivity contribution in [2.45, 2.75) is 6.42 Å². The van der Waals surface area contributed by atoms with Gasteiger partial charge in [0.2, 0.25) is 0 Å². The molecule has 2 rings (SSSR count). The number of rotatable bonds is 3. The Bertz CT molecular complexity index is 479. The van der Waals surface area contributed by atoms with Crippen LogP contribution in [0.5, 0.6) is 0 Å². The molecule has 1 heterocycles. The van der Waals surface area contributed by atoms with Crippen LogP contribution in [0.3, 0.4) is 0 Å². The van der Waals surface area contributed by atoms with Gasteiger partial charge in [0.25, 0.3) is 0 Å². The Hall–Kier alpha value is -1.06. The average molecular weight is 227 g/mol. The van der Waals surface area contributed by atoms with E-state index in [0.717, 1.165) is 23.9 Å². The highest BCUT2D eigenvalue weighted by Gasteiger charge is 2.11. The molecule has 2 nitrogen and oxygen atoms in total. The summed E-state index contributed by atoms with van der Waals surface area (Å²) < 4.78 is 13.4. The van der Waals surface area contributed by atoms with Crippen LogP contribution in [0, 0.1) is 5.82 Å². The number of halogens is 2. The van der Waals surface area contributed by atoms with Crippen molar-refractivity contribution < 1.29 is 4.39 Å². The van der Waals surface area contributed by atoms with E-state index < -0.39 is 0 Å². The molecule has 0 saturated heterocycles. The van der Waals surface area contributed by atoms with Crippen LogP contribution >= 0.6 is 11.6 Å². The molecular formula is C11H12ClFN2. The average Bonchev–Trinajstić information content (AvgIpc) is 2.54. The molecule has 0 atom stereocenters. The highest BCUT2D eigenvalue weighted by molar-refractivity contribution is 6.31. The largest absolute Gasteiger partial charge is 0.343 e. The van der Waals surface area contributed by atoms with Crippen LogP contribution in [0.1, 0.15) is 5.56 Å². The van der Waals surface area contributed by atoms with Crippen LogP contribution in [-0.2, 0) is 6.42 Å². The summed E-state index contributed by atoms with van der Waals surface area (Å²) in [4.78, 5) is 2.87. The third kappa shape index (κ3) is 1.85. The van der Waals surface area contributed by atoms with Gasteiger partial charge in [-0.3, -0.25) is 0 Å². The summed E-state index contributed by atoms with van der Waals surface area (Å²) in [5, 5.41) is 4.45. The van der Waals surface area contributed by atoms with E-state index in [1.54, 1.807) is 6.07 Å². The van der Waals surface area contributed by atoms with Gasteiger partial charge in [-0.15, -0.1) is 0 Å². The molecule has 80 valence electrons. The number of hydrogen-bond donors (Lipinski definition) is 2. The van der Waals surface area contributed by atoms with Crippen LogP contribution in [0.25, 0.3) is 10.9 Å². The van der Waals surface area contributed by atoms with E-state index in [1.807, 2.05) is 13.1 Å². The number of likely N-dealkylation sites (N-methyl/N-ethyl adjacent to an activating group) is 1. The zero-order chi connectivity index (χ0) is 10.8. The summed E-state index contributed by atoms with van der Waals surface area (Å²) >= 11 is 6.03. The standard InChI is InChI=1S/C11H12ClFN2/c1-14-6-5-8-7-3-2-4-9(13)10(7)15-11(8)12/h2-4,14-15H,5-6H2,1H3. The normalized spacial score (nSPS) is 11.1. The highest BCUT2D eigenvalue weighted by atomic mass is 35.5. The molecule has 2 aromatic rings. The van der Waals surface area contributed by atoms with Crippen molar-refractivity contribution in [1.82, 2.24) is 10.3 Å². The second-order valence-corrected chi connectivity index (χ2v) is 3.81. The molecule has 0 bridgehead atoms. The van der Waals surface area contributed by atoms with Gasteiger partial charge in [-0.2, -0.15) is 0 Å². The third-order valence-corrected chi connectivity index (χ3v) is 2.79. The fourth-order valence-corrected chi connectivity index (χ4v) is 1.99. The Morgan fingerprint density at radius 2 is 2.27 bits per heavy atom. The van der Waals surface area contributed by atoms with Gasteiger partial charge in [-0.05, 0) is 31.6 Å². The minimum absolute atomic E-state index is 0.259. The molecule has 0 aliphatic heterocycles. The lowest BCUT2D eigenvalue weighted by Crippen LogP contribution is -2.10. The number of aromatic amines is 1. The molecular weight excluding hydrogens is 215 g/mol. The van der Waals surface area contributed by atoms with E-state index in [4.69, 9.17) is 11.6 Å². The van der Waals surface area contributed by atoms with Gasteiger partial charge < -0.3 is 10.3 Å². The number of para-hydroxylation sites is 1. The van der Waals surface area contributed by atoms with E-state index in [9.17, 15) is 4.39 Å². The van der Waals surface area contributed by atoms with Gasteiger partial charge in [-0.25, -0.2) is 4.39 Å². The summed E-state index contributed by atoms with van der Waals surface area (Å²) in [6.07, 6.45) is 0.790. The number of H-pyrrole nitrogens is 1. The number of fused-ring (bicyclic) bond motifs is 1. The van der Waals surface area contributed by atoms with Crippen molar-refractivity contribution in [3.05, 3.63) is 34.7 Å². The summed E-state index contributed by atoms with van der Waals surface area (Å²) in [6.45, 7) is 0.823. The van der Waals surface area contributed by atoms with Gasteiger partial charge in [0.15, 0.2) is 0 Å². The lowest BCUT2D eigenvalue weighted by atomic mass is 10.1. The number of hydrogen-bond acceptors (Lipinski definition) is 1. The number of nitrogens with one attached hydrogen (secondary N) is 2. The molecule has 0 radical (unpaired) electrons. The smallest absolute Gasteiger partial charge is 0.147 e. The lowest BCUT2D eigenvalue weighted by molar-refractivity contribution is 0.637. The van der Waals surface area contributed by atoms with E-state index in [1.165, 1.54) is 6.07 Å². The maximum absolute atomic E-state index is 13.4. The minimum Gasteiger partial charge on any atom is -0.343 e. The third-order valence-electron chi connectivity index (χ3n) is 2.46. The maximum atomic E-state index is 13.4. The van der Waals surface area contributed by atoms with E-state index in [0.29, 0.717) is 10.7 Å². The molecule has 1 aromatic carbocycles. The van der Waals surface area contributed by atoms with Crippen molar-refractivity contribution in [2.24, 2.45) is 0 Å². The molecule has 4 heteroatoms. The van der Waals surface area contributed by atoms with E-state index >= 15 is 0 Å². The van der Waals surface area contributed by atoms with Gasteiger partial charge in [-0.1, -0.05) is 23.7 Å². The van der Waals surface area contributed by atoms with Crippen LogP contribution < -0.4 is 5.32 Å². The van der Waals surface area contributed by atoms with Gasteiger partial charge in [0, 0.05) is 5.39 Å². The van der Waals surface area contributed by atoms with Gasteiger partial charge >= 0.3 is 0 Å². The summed E-state index contributed by atoms with van der Waals surface area (Å²) in [5.74, 6) is -0.259. The Kier molecular flexibility index (Phi) is 2.93. The van der Waals surface area contributed by atoms with Crippen molar-refractivity contribution in [3.63, 3.8) is 0 Å². The monoisotopic (exact) mass is 226 g/mol. The van der Waals surface area contributed by atoms with Crippen LogP contribution in [0.4, 0.5) is 4.39 Å². The summed E-state index contributed by atoms with van der Waals surface area (Å²) in [7, 11) is 1.88. The maximum Gasteiger partial charge on any atom is 0.147 e. The fourth-order valence-electron chi connectivity index (χ4n) is 1.70.